The fraction of sp³-hybridized carbons (Fsp3) is 0.923. The third-order valence-corrected chi connectivity index (χ3v) is 5.03. The molecule has 1 saturated carbocycles. The third kappa shape index (κ3) is 1.75. The van der Waals surface area contributed by atoms with Crippen molar-refractivity contribution in [2.45, 2.75) is 44.6 Å². The first-order valence-electron chi connectivity index (χ1n) is 6.71. The van der Waals surface area contributed by atoms with Crippen LogP contribution in [0.3, 0.4) is 0 Å². The molecule has 2 aliphatic heterocycles. The lowest BCUT2D eigenvalue weighted by Gasteiger charge is -2.33. The third-order valence-electron chi connectivity index (χ3n) is 5.03. The predicted octanol–water partition coefficient (Wildman–Crippen LogP) is 1.97. The molecule has 90 valence electrons. The molecular formula is C13H21NO2. The highest BCUT2D eigenvalue weighted by molar-refractivity contribution is 5.70. The van der Waals surface area contributed by atoms with Gasteiger partial charge in [-0.1, -0.05) is 19.3 Å². The molecule has 3 unspecified atom stereocenters. The maximum Gasteiger partial charge on any atom is 0.307 e. The maximum atomic E-state index is 11.0. The summed E-state index contributed by atoms with van der Waals surface area (Å²) in [5.74, 6) is 1.15. The highest BCUT2D eigenvalue weighted by Crippen LogP contribution is 2.42. The van der Waals surface area contributed by atoms with Crippen LogP contribution in [0.5, 0.6) is 0 Å². The van der Waals surface area contributed by atoms with E-state index in [9.17, 15) is 4.79 Å². The zero-order valence-corrected chi connectivity index (χ0v) is 9.77. The van der Waals surface area contributed by atoms with Gasteiger partial charge in [0.2, 0.25) is 0 Å². The fourth-order valence-corrected chi connectivity index (χ4v) is 3.77. The maximum absolute atomic E-state index is 11.0. The van der Waals surface area contributed by atoms with Crippen LogP contribution in [0, 0.1) is 17.8 Å². The van der Waals surface area contributed by atoms with Crippen molar-refractivity contribution in [2.75, 3.05) is 13.1 Å². The minimum atomic E-state index is -0.592. The average Bonchev–Trinajstić information content (AvgIpc) is 2.56. The standard InChI is InChI=1S/C13H21NO2/c15-13(16)10-4-5-12-6-11(8-14(12)7-10)9-2-1-3-9/h9-12H,1-8H2,(H,15,16). The van der Waals surface area contributed by atoms with E-state index in [-0.39, 0.29) is 5.92 Å². The Balaban J connectivity index is 1.60. The van der Waals surface area contributed by atoms with Crippen molar-refractivity contribution in [2.24, 2.45) is 17.8 Å². The van der Waals surface area contributed by atoms with Crippen LogP contribution in [0.2, 0.25) is 0 Å². The number of carboxylic acids is 1. The van der Waals surface area contributed by atoms with Crippen molar-refractivity contribution >= 4 is 5.97 Å². The summed E-state index contributed by atoms with van der Waals surface area (Å²) in [5, 5.41) is 9.06. The van der Waals surface area contributed by atoms with Gasteiger partial charge in [0.25, 0.3) is 0 Å². The normalized spacial score (nSPS) is 40.4. The van der Waals surface area contributed by atoms with Crippen molar-refractivity contribution < 1.29 is 9.90 Å². The van der Waals surface area contributed by atoms with E-state index >= 15 is 0 Å². The Hall–Kier alpha value is -0.570. The van der Waals surface area contributed by atoms with E-state index < -0.39 is 5.97 Å². The molecule has 1 N–H and O–H groups in total. The van der Waals surface area contributed by atoms with Crippen LogP contribution in [-0.2, 0) is 4.79 Å². The first-order valence-corrected chi connectivity index (χ1v) is 6.71. The van der Waals surface area contributed by atoms with Gasteiger partial charge in [-0.2, -0.15) is 0 Å². The van der Waals surface area contributed by atoms with Gasteiger partial charge < -0.3 is 5.11 Å². The number of carbonyl (C=O) groups is 1. The quantitative estimate of drug-likeness (QED) is 0.778. The van der Waals surface area contributed by atoms with Gasteiger partial charge in [-0.3, -0.25) is 9.69 Å². The first-order chi connectivity index (χ1) is 7.74. The molecule has 3 fully saturated rings. The molecule has 0 spiro atoms. The van der Waals surface area contributed by atoms with Crippen LogP contribution in [0.25, 0.3) is 0 Å². The van der Waals surface area contributed by atoms with E-state index in [1.807, 2.05) is 0 Å². The molecule has 0 amide bonds. The summed E-state index contributed by atoms with van der Waals surface area (Å²) in [5.41, 5.74) is 0. The summed E-state index contributed by atoms with van der Waals surface area (Å²) in [7, 11) is 0. The van der Waals surface area contributed by atoms with Crippen LogP contribution < -0.4 is 0 Å². The molecule has 3 aliphatic rings. The van der Waals surface area contributed by atoms with Crippen LogP contribution in [0.15, 0.2) is 0 Å². The molecule has 0 aromatic carbocycles. The van der Waals surface area contributed by atoms with Gasteiger partial charge in [-0.15, -0.1) is 0 Å². The molecule has 3 rings (SSSR count). The molecule has 0 bridgehead atoms. The molecule has 3 atom stereocenters. The minimum absolute atomic E-state index is 0.101. The monoisotopic (exact) mass is 223 g/mol. The number of hydrogen-bond acceptors (Lipinski definition) is 2. The summed E-state index contributed by atoms with van der Waals surface area (Å²) in [6.45, 7) is 1.99. The molecule has 0 radical (unpaired) electrons. The SMILES string of the molecule is O=C(O)C1CCC2CC(C3CCC3)CN2C1. The Labute approximate surface area is 96.8 Å². The summed E-state index contributed by atoms with van der Waals surface area (Å²) in [6.07, 6.45) is 7.62. The highest BCUT2D eigenvalue weighted by Gasteiger charge is 2.42. The van der Waals surface area contributed by atoms with Crippen LogP contribution in [0.1, 0.15) is 38.5 Å². The van der Waals surface area contributed by atoms with E-state index in [0.29, 0.717) is 6.04 Å². The minimum Gasteiger partial charge on any atom is -0.481 e. The second-order valence-electron chi connectivity index (χ2n) is 5.91. The molecule has 3 nitrogen and oxygen atoms in total. The lowest BCUT2D eigenvalue weighted by Crippen LogP contribution is -2.41. The number of aliphatic carboxylic acids is 1. The van der Waals surface area contributed by atoms with Gasteiger partial charge in [0.05, 0.1) is 5.92 Å². The van der Waals surface area contributed by atoms with Gasteiger partial charge in [0.1, 0.15) is 0 Å². The number of nitrogens with zero attached hydrogens (tertiary/aromatic N) is 1. The Morgan fingerprint density at radius 1 is 1.06 bits per heavy atom. The Bertz CT molecular complexity index is 288. The Kier molecular flexibility index (Phi) is 2.66. The summed E-state index contributed by atoms with van der Waals surface area (Å²) < 4.78 is 0. The number of hydrogen-bond donors (Lipinski definition) is 1. The van der Waals surface area contributed by atoms with Crippen molar-refractivity contribution in [1.29, 1.82) is 0 Å². The van der Waals surface area contributed by atoms with Crippen molar-refractivity contribution in [3.05, 3.63) is 0 Å². The Morgan fingerprint density at radius 2 is 1.88 bits per heavy atom. The van der Waals surface area contributed by atoms with Gasteiger partial charge in [-0.05, 0) is 31.1 Å². The van der Waals surface area contributed by atoms with E-state index in [1.165, 1.54) is 32.2 Å². The number of piperidine rings is 1. The summed E-state index contributed by atoms with van der Waals surface area (Å²) in [6, 6.07) is 0.709. The molecule has 0 aromatic rings. The predicted molar refractivity (Wildman–Crippen MR) is 61.2 cm³/mol. The van der Waals surface area contributed by atoms with Crippen molar-refractivity contribution in [3.63, 3.8) is 0 Å². The van der Waals surface area contributed by atoms with Gasteiger partial charge >= 0.3 is 5.97 Å². The van der Waals surface area contributed by atoms with E-state index in [4.69, 9.17) is 5.11 Å². The molecule has 2 heterocycles. The van der Waals surface area contributed by atoms with Gasteiger partial charge in [0.15, 0.2) is 0 Å². The second-order valence-corrected chi connectivity index (χ2v) is 5.91. The summed E-state index contributed by atoms with van der Waals surface area (Å²) in [4.78, 5) is 13.5. The molecule has 3 heteroatoms. The van der Waals surface area contributed by atoms with E-state index in [2.05, 4.69) is 4.90 Å². The van der Waals surface area contributed by atoms with Crippen molar-refractivity contribution in [1.82, 2.24) is 4.90 Å². The molecule has 0 aromatic heterocycles. The first kappa shape index (κ1) is 10.6. The smallest absolute Gasteiger partial charge is 0.307 e. The largest absolute Gasteiger partial charge is 0.481 e. The lowest BCUT2D eigenvalue weighted by molar-refractivity contribution is -0.143. The van der Waals surface area contributed by atoms with Crippen LogP contribution in [-0.4, -0.2) is 35.1 Å². The zero-order valence-electron chi connectivity index (χ0n) is 9.77. The molecule has 1 aliphatic carbocycles. The van der Waals surface area contributed by atoms with Crippen LogP contribution in [0.4, 0.5) is 0 Å². The number of carboxylic acid groups (broad SMARTS) is 1. The van der Waals surface area contributed by atoms with E-state index in [0.717, 1.165) is 31.2 Å². The van der Waals surface area contributed by atoms with E-state index in [1.54, 1.807) is 0 Å². The molecule has 2 saturated heterocycles. The van der Waals surface area contributed by atoms with Gasteiger partial charge in [0, 0.05) is 19.1 Å². The molecular weight excluding hydrogens is 202 g/mol. The van der Waals surface area contributed by atoms with Crippen LogP contribution >= 0.6 is 0 Å². The fourth-order valence-electron chi connectivity index (χ4n) is 3.77. The lowest BCUT2D eigenvalue weighted by atomic mass is 9.75. The second kappa shape index (κ2) is 4.02. The summed E-state index contributed by atoms with van der Waals surface area (Å²) >= 11 is 0. The topological polar surface area (TPSA) is 40.5 Å². The highest BCUT2D eigenvalue weighted by atomic mass is 16.4. The zero-order chi connectivity index (χ0) is 11.1. The van der Waals surface area contributed by atoms with Gasteiger partial charge in [-0.25, -0.2) is 0 Å². The average molecular weight is 223 g/mol. The molecule has 16 heavy (non-hydrogen) atoms. The number of fused-ring (bicyclic) bond motifs is 1. The van der Waals surface area contributed by atoms with Crippen molar-refractivity contribution in [3.8, 4) is 0 Å². The Morgan fingerprint density at radius 3 is 2.50 bits per heavy atom. The number of rotatable bonds is 2.